The first-order chi connectivity index (χ1) is 8.06. The highest BCUT2D eigenvalue weighted by atomic mass is 16.5. The van der Waals surface area contributed by atoms with Crippen LogP contribution in [0.3, 0.4) is 0 Å². The average Bonchev–Trinajstić information content (AvgIpc) is 2.35. The topological polar surface area (TPSA) is 30.5 Å². The van der Waals surface area contributed by atoms with Crippen LogP contribution >= 0.6 is 0 Å². The minimum atomic E-state index is 0.0148. The quantitative estimate of drug-likeness (QED) is 0.825. The molecule has 0 atom stereocenters. The van der Waals surface area contributed by atoms with Gasteiger partial charge in [0.05, 0.1) is 14.2 Å². The van der Waals surface area contributed by atoms with Crippen molar-refractivity contribution in [3.63, 3.8) is 0 Å². The van der Waals surface area contributed by atoms with Gasteiger partial charge in [-0.15, -0.1) is 0 Å². The monoisotopic (exact) mass is 237 g/mol. The van der Waals surface area contributed by atoms with Gasteiger partial charge in [-0.05, 0) is 37.6 Å². The molecule has 0 aliphatic carbocycles. The molecule has 0 saturated carbocycles. The lowest BCUT2D eigenvalue weighted by molar-refractivity contribution is 0.353. The molecule has 3 heteroatoms. The van der Waals surface area contributed by atoms with Crippen LogP contribution in [0.25, 0.3) is 0 Å². The van der Waals surface area contributed by atoms with Gasteiger partial charge in [0.1, 0.15) is 11.5 Å². The van der Waals surface area contributed by atoms with Gasteiger partial charge in [-0.2, -0.15) is 0 Å². The SMILES string of the molecule is CNCCC(C)(C)c1c(OC)cccc1OC. The first-order valence-corrected chi connectivity index (χ1v) is 5.93. The summed E-state index contributed by atoms with van der Waals surface area (Å²) in [5.74, 6) is 1.79. The van der Waals surface area contributed by atoms with Gasteiger partial charge in [-0.1, -0.05) is 19.9 Å². The highest BCUT2D eigenvalue weighted by Gasteiger charge is 2.27. The van der Waals surface area contributed by atoms with Crippen molar-refractivity contribution in [1.29, 1.82) is 0 Å². The molecule has 1 aromatic carbocycles. The average molecular weight is 237 g/mol. The summed E-state index contributed by atoms with van der Waals surface area (Å²) in [5.41, 5.74) is 1.15. The Kier molecular flexibility index (Phi) is 4.82. The fourth-order valence-electron chi connectivity index (χ4n) is 2.08. The Hall–Kier alpha value is -1.22. The lowest BCUT2D eigenvalue weighted by Gasteiger charge is -2.28. The molecular weight excluding hydrogens is 214 g/mol. The Balaban J connectivity index is 3.16. The van der Waals surface area contributed by atoms with E-state index in [0.717, 1.165) is 30.0 Å². The van der Waals surface area contributed by atoms with Crippen molar-refractivity contribution in [3.05, 3.63) is 23.8 Å². The van der Waals surface area contributed by atoms with E-state index in [4.69, 9.17) is 9.47 Å². The molecule has 0 saturated heterocycles. The molecule has 17 heavy (non-hydrogen) atoms. The molecule has 1 N–H and O–H groups in total. The fourth-order valence-corrected chi connectivity index (χ4v) is 2.08. The van der Waals surface area contributed by atoms with Crippen molar-refractivity contribution in [3.8, 4) is 11.5 Å². The Bertz CT molecular complexity index is 339. The number of nitrogens with one attached hydrogen (secondary N) is 1. The molecule has 0 aromatic heterocycles. The van der Waals surface area contributed by atoms with Gasteiger partial charge in [0.2, 0.25) is 0 Å². The van der Waals surface area contributed by atoms with Crippen molar-refractivity contribution >= 4 is 0 Å². The molecule has 0 unspecified atom stereocenters. The van der Waals surface area contributed by atoms with Gasteiger partial charge < -0.3 is 14.8 Å². The molecule has 0 aliphatic heterocycles. The van der Waals surface area contributed by atoms with Gasteiger partial charge in [0.15, 0.2) is 0 Å². The minimum Gasteiger partial charge on any atom is -0.496 e. The van der Waals surface area contributed by atoms with E-state index >= 15 is 0 Å². The number of methoxy groups -OCH3 is 2. The Morgan fingerprint density at radius 1 is 1.12 bits per heavy atom. The largest absolute Gasteiger partial charge is 0.496 e. The van der Waals surface area contributed by atoms with Crippen LogP contribution in [-0.2, 0) is 5.41 Å². The summed E-state index contributed by atoms with van der Waals surface area (Å²) in [7, 11) is 5.37. The van der Waals surface area contributed by atoms with E-state index in [1.807, 2.05) is 25.2 Å². The number of hydrogen-bond acceptors (Lipinski definition) is 3. The second-order valence-electron chi connectivity index (χ2n) is 4.77. The molecule has 1 rings (SSSR count). The number of benzene rings is 1. The highest BCUT2D eigenvalue weighted by Crippen LogP contribution is 2.40. The number of hydrogen-bond donors (Lipinski definition) is 1. The fraction of sp³-hybridized carbons (Fsp3) is 0.571. The summed E-state index contributed by atoms with van der Waals surface area (Å²) in [6.07, 6.45) is 1.03. The van der Waals surface area contributed by atoms with Crippen LogP contribution in [0.2, 0.25) is 0 Å². The van der Waals surface area contributed by atoms with Gasteiger partial charge in [0, 0.05) is 5.56 Å². The molecule has 3 nitrogen and oxygen atoms in total. The van der Waals surface area contributed by atoms with E-state index in [-0.39, 0.29) is 5.41 Å². The maximum absolute atomic E-state index is 5.45. The third kappa shape index (κ3) is 3.13. The maximum Gasteiger partial charge on any atom is 0.126 e. The molecule has 0 amide bonds. The molecule has 0 fully saturated rings. The summed E-state index contributed by atoms with van der Waals surface area (Å²) in [4.78, 5) is 0. The Morgan fingerprint density at radius 3 is 2.06 bits per heavy atom. The van der Waals surface area contributed by atoms with Crippen molar-refractivity contribution in [1.82, 2.24) is 5.32 Å². The molecule has 0 spiro atoms. The maximum atomic E-state index is 5.45. The zero-order chi connectivity index (χ0) is 12.9. The smallest absolute Gasteiger partial charge is 0.126 e. The molecule has 96 valence electrons. The molecule has 0 bridgehead atoms. The second kappa shape index (κ2) is 5.92. The Labute approximate surface area is 104 Å². The third-order valence-electron chi connectivity index (χ3n) is 3.10. The molecule has 0 aliphatic rings. The van der Waals surface area contributed by atoms with E-state index in [2.05, 4.69) is 19.2 Å². The van der Waals surface area contributed by atoms with Crippen LogP contribution in [0, 0.1) is 0 Å². The standard InChI is InChI=1S/C14H23NO2/c1-14(2,9-10-15-3)13-11(16-4)7-6-8-12(13)17-5/h6-8,15H,9-10H2,1-5H3. The van der Waals surface area contributed by atoms with Crippen LogP contribution in [0.4, 0.5) is 0 Å². The van der Waals surface area contributed by atoms with Crippen molar-refractivity contribution in [2.75, 3.05) is 27.8 Å². The zero-order valence-electron chi connectivity index (χ0n) is 11.5. The normalized spacial score (nSPS) is 11.4. The van der Waals surface area contributed by atoms with Crippen molar-refractivity contribution < 1.29 is 9.47 Å². The van der Waals surface area contributed by atoms with Crippen molar-refractivity contribution in [2.24, 2.45) is 0 Å². The second-order valence-corrected chi connectivity index (χ2v) is 4.77. The minimum absolute atomic E-state index is 0.0148. The molecule has 1 aromatic rings. The zero-order valence-corrected chi connectivity index (χ0v) is 11.5. The predicted molar refractivity (Wildman–Crippen MR) is 71.1 cm³/mol. The molecule has 0 radical (unpaired) electrons. The summed E-state index contributed by atoms with van der Waals surface area (Å²) in [5, 5.41) is 3.19. The van der Waals surface area contributed by atoms with Crippen LogP contribution < -0.4 is 14.8 Å². The summed E-state index contributed by atoms with van der Waals surface area (Å²) < 4.78 is 10.9. The lowest BCUT2D eigenvalue weighted by Crippen LogP contribution is -2.24. The van der Waals surface area contributed by atoms with E-state index in [9.17, 15) is 0 Å². The van der Waals surface area contributed by atoms with Crippen LogP contribution in [0.5, 0.6) is 11.5 Å². The van der Waals surface area contributed by atoms with Gasteiger partial charge in [0.25, 0.3) is 0 Å². The summed E-state index contributed by atoms with van der Waals surface area (Å²) >= 11 is 0. The van der Waals surface area contributed by atoms with Gasteiger partial charge in [-0.25, -0.2) is 0 Å². The van der Waals surface area contributed by atoms with Gasteiger partial charge in [-0.3, -0.25) is 0 Å². The third-order valence-corrected chi connectivity index (χ3v) is 3.10. The first-order valence-electron chi connectivity index (χ1n) is 5.93. The van der Waals surface area contributed by atoms with Crippen LogP contribution in [0.1, 0.15) is 25.8 Å². The van der Waals surface area contributed by atoms with E-state index in [1.54, 1.807) is 14.2 Å². The number of ether oxygens (including phenoxy) is 2. The van der Waals surface area contributed by atoms with Crippen molar-refractivity contribution in [2.45, 2.75) is 25.7 Å². The summed E-state index contributed by atoms with van der Waals surface area (Å²) in [6, 6.07) is 5.92. The van der Waals surface area contributed by atoms with E-state index in [0.29, 0.717) is 0 Å². The van der Waals surface area contributed by atoms with E-state index in [1.165, 1.54) is 0 Å². The summed E-state index contributed by atoms with van der Waals surface area (Å²) in [6.45, 7) is 5.39. The Morgan fingerprint density at radius 2 is 1.65 bits per heavy atom. The predicted octanol–water partition coefficient (Wildman–Crippen LogP) is 2.59. The van der Waals surface area contributed by atoms with E-state index < -0.39 is 0 Å². The number of rotatable bonds is 6. The lowest BCUT2D eigenvalue weighted by atomic mass is 9.80. The molecule has 0 heterocycles. The van der Waals surface area contributed by atoms with Crippen LogP contribution in [-0.4, -0.2) is 27.8 Å². The molecular formula is C14H23NO2. The van der Waals surface area contributed by atoms with Crippen LogP contribution in [0.15, 0.2) is 18.2 Å². The highest BCUT2D eigenvalue weighted by molar-refractivity contribution is 5.49. The van der Waals surface area contributed by atoms with Gasteiger partial charge >= 0.3 is 0 Å². The first kappa shape index (κ1) is 13.8.